The van der Waals surface area contributed by atoms with E-state index in [1.807, 2.05) is 0 Å². The van der Waals surface area contributed by atoms with Crippen LogP contribution in [0.15, 0.2) is 12.4 Å². The Labute approximate surface area is 119 Å². The molecule has 0 saturated carbocycles. The molecule has 0 N–H and O–H groups in total. The van der Waals surface area contributed by atoms with E-state index >= 15 is 0 Å². The van der Waals surface area contributed by atoms with Crippen molar-refractivity contribution in [3.8, 4) is 0 Å². The second kappa shape index (κ2) is 10.1. The Kier molecular flexibility index (Phi) is 8.61. The van der Waals surface area contributed by atoms with E-state index in [1.165, 1.54) is 76.6 Å². The van der Waals surface area contributed by atoms with Crippen LogP contribution in [0.3, 0.4) is 0 Å². The van der Waals surface area contributed by atoms with Crippen LogP contribution >= 0.6 is 0 Å². The molecule has 2 nitrogen and oxygen atoms in total. The first kappa shape index (κ1) is 16.3. The van der Waals surface area contributed by atoms with Crippen molar-refractivity contribution in [2.75, 3.05) is 0 Å². The molecule has 0 fully saturated rings. The maximum absolute atomic E-state index is 2.47. The van der Waals surface area contributed by atoms with Gasteiger partial charge >= 0.3 is 0 Å². The summed E-state index contributed by atoms with van der Waals surface area (Å²) < 4.78 is 4.77. The van der Waals surface area contributed by atoms with E-state index in [0.717, 1.165) is 0 Å². The van der Waals surface area contributed by atoms with Crippen LogP contribution in [0.1, 0.15) is 77.5 Å². The quantitative estimate of drug-likeness (QED) is 0.414. The Morgan fingerprint density at radius 2 is 1.53 bits per heavy atom. The van der Waals surface area contributed by atoms with Crippen LogP contribution < -0.4 is 4.57 Å². The van der Waals surface area contributed by atoms with Crippen LogP contribution in [0.25, 0.3) is 0 Å². The topological polar surface area (TPSA) is 8.81 Å². The summed E-state index contributed by atoms with van der Waals surface area (Å²) in [5.74, 6) is 1.51. The van der Waals surface area contributed by atoms with Crippen molar-refractivity contribution < 1.29 is 4.57 Å². The monoisotopic (exact) mass is 265 g/mol. The number of rotatable bonds is 11. The van der Waals surface area contributed by atoms with Gasteiger partial charge in [0.1, 0.15) is 12.4 Å². The maximum Gasteiger partial charge on any atom is 0.256 e. The zero-order valence-corrected chi connectivity index (χ0v) is 13.3. The fourth-order valence-electron chi connectivity index (χ4n) is 2.67. The van der Waals surface area contributed by atoms with Crippen LogP contribution in [-0.2, 0) is 20.0 Å². The first-order chi connectivity index (χ1) is 9.29. The van der Waals surface area contributed by atoms with Gasteiger partial charge in [0.25, 0.3) is 5.82 Å². The smallest absolute Gasteiger partial charge is 0.237 e. The molecule has 0 aliphatic rings. The minimum absolute atomic E-state index is 1.20. The molecule has 0 radical (unpaired) electrons. The van der Waals surface area contributed by atoms with Gasteiger partial charge in [0, 0.05) is 6.42 Å². The molecule has 0 saturated heterocycles. The number of hydrogen-bond acceptors (Lipinski definition) is 0. The van der Waals surface area contributed by atoms with Gasteiger partial charge in [-0.1, -0.05) is 52.4 Å². The van der Waals surface area contributed by atoms with Crippen molar-refractivity contribution >= 4 is 0 Å². The van der Waals surface area contributed by atoms with Gasteiger partial charge in [-0.3, -0.25) is 0 Å². The lowest BCUT2D eigenvalue weighted by Gasteiger charge is -2.03. The molecular weight excluding hydrogens is 232 g/mol. The number of unbranched alkanes of at least 4 members (excludes halogenated alkanes) is 7. The van der Waals surface area contributed by atoms with Gasteiger partial charge in [-0.15, -0.1) is 0 Å². The molecule has 2 heteroatoms. The van der Waals surface area contributed by atoms with E-state index < -0.39 is 0 Å². The largest absolute Gasteiger partial charge is 0.256 e. The number of nitrogens with zero attached hydrogens (tertiary/aromatic N) is 2. The van der Waals surface area contributed by atoms with Crippen molar-refractivity contribution in [2.24, 2.45) is 7.05 Å². The molecule has 0 aliphatic heterocycles. The lowest BCUT2D eigenvalue weighted by molar-refractivity contribution is -0.678. The van der Waals surface area contributed by atoms with Crippen molar-refractivity contribution in [1.29, 1.82) is 0 Å². The Hall–Kier alpha value is -0.790. The highest BCUT2D eigenvalue weighted by molar-refractivity contribution is 4.84. The van der Waals surface area contributed by atoms with E-state index in [9.17, 15) is 0 Å². The van der Waals surface area contributed by atoms with Gasteiger partial charge in [0.2, 0.25) is 0 Å². The Morgan fingerprint density at radius 3 is 2.21 bits per heavy atom. The second-order valence-corrected chi connectivity index (χ2v) is 5.74. The molecule has 0 aliphatic carbocycles. The summed E-state index contributed by atoms with van der Waals surface area (Å²) in [6.07, 6.45) is 17.9. The van der Waals surface area contributed by atoms with Crippen molar-refractivity contribution in [2.45, 2.75) is 84.6 Å². The van der Waals surface area contributed by atoms with E-state index in [2.05, 4.69) is 42.4 Å². The fourth-order valence-corrected chi connectivity index (χ4v) is 2.67. The zero-order chi connectivity index (χ0) is 13.9. The summed E-state index contributed by atoms with van der Waals surface area (Å²) in [5, 5.41) is 0. The molecule has 0 aromatic carbocycles. The van der Waals surface area contributed by atoms with Gasteiger partial charge in [-0.2, -0.15) is 0 Å². The number of aryl methyl sites for hydroxylation is 2. The highest BCUT2D eigenvalue weighted by Gasteiger charge is 2.13. The summed E-state index contributed by atoms with van der Waals surface area (Å²) in [6, 6.07) is 0. The predicted octanol–water partition coefficient (Wildman–Crippen LogP) is 4.41. The third kappa shape index (κ3) is 6.26. The molecule has 0 atom stereocenters. The van der Waals surface area contributed by atoms with Gasteiger partial charge in [0.05, 0.1) is 13.6 Å². The minimum Gasteiger partial charge on any atom is -0.237 e. The van der Waals surface area contributed by atoms with E-state index in [-0.39, 0.29) is 0 Å². The van der Waals surface area contributed by atoms with Crippen molar-refractivity contribution in [3.05, 3.63) is 18.2 Å². The molecule has 0 amide bonds. The number of aromatic nitrogens is 2. The van der Waals surface area contributed by atoms with Gasteiger partial charge in [-0.25, -0.2) is 9.13 Å². The van der Waals surface area contributed by atoms with Gasteiger partial charge in [0.15, 0.2) is 0 Å². The second-order valence-electron chi connectivity index (χ2n) is 5.74. The molecule has 1 rings (SSSR count). The minimum atomic E-state index is 1.20. The van der Waals surface area contributed by atoms with E-state index in [1.54, 1.807) is 0 Å². The summed E-state index contributed by atoms with van der Waals surface area (Å²) in [4.78, 5) is 0. The zero-order valence-electron chi connectivity index (χ0n) is 13.3. The van der Waals surface area contributed by atoms with Gasteiger partial charge < -0.3 is 0 Å². The predicted molar refractivity (Wildman–Crippen MR) is 82.2 cm³/mol. The van der Waals surface area contributed by atoms with Gasteiger partial charge in [-0.05, 0) is 19.3 Å². The molecule has 0 unspecified atom stereocenters. The molecule has 1 heterocycles. The highest BCUT2D eigenvalue weighted by atomic mass is 15.1. The van der Waals surface area contributed by atoms with Crippen molar-refractivity contribution in [3.63, 3.8) is 0 Å². The Balaban J connectivity index is 2.32. The lowest BCUT2D eigenvalue weighted by atomic mass is 10.1. The maximum atomic E-state index is 2.47. The van der Waals surface area contributed by atoms with Crippen LogP contribution in [0.5, 0.6) is 0 Å². The normalized spacial score (nSPS) is 11.1. The van der Waals surface area contributed by atoms with Crippen LogP contribution in [0, 0.1) is 0 Å². The van der Waals surface area contributed by atoms with Crippen LogP contribution in [0.2, 0.25) is 0 Å². The van der Waals surface area contributed by atoms with Crippen LogP contribution in [0.4, 0.5) is 0 Å². The molecule has 1 aromatic heterocycles. The van der Waals surface area contributed by atoms with E-state index in [4.69, 9.17) is 0 Å². The molecule has 1 aromatic rings. The SMILES string of the molecule is CCCCCCCc1n(CCCCCC)cc[n+]1C. The first-order valence-electron chi connectivity index (χ1n) is 8.33. The number of imidazole rings is 1. The summed E-state index contributed by atoms with van der Waals surface area (Å²) in [7, 11) is 2.18. The Bertz CT molecular complexity index is 328. The standard InChI is InChI=1S/C17H33N2/c1-4-6-8-10-11-13-17-18(3)15-16-19(17)14-12-9-7-5-2/h15-16H,4-14H2,1-3H3/q+1. The lowest BCUT2D eigenvalue weighted by Crippen LogP contribution is -2.32. The third-order valence-electron chi connectivity index (χ3n) is 3.97. The molecular formula is C17H33N2+. The first-order valence-corrected chi connectivity index (χ1v) is 8.33. The average Bonchev–Trinajstić information content (AvgIpc) is 2.76. The van der Waals surface area contributed by atoms with Crippen LogP contribution in [-0.4, -0.2) is 4.57 Å². The molecule has 19 heavy (non-hydrogen) atoms. The van der Waals surface area contributed by atoms with Crippen molar-refractivity contribution in [1.82, 2.24) is 4.57 Å². The number of hydrogen-bond donors (Lipinski definition) is 0. The molecule has 0 bridgehead atoms. The molecule has 110 valence electrons. The summed E-state index contributed by atoms with van der Waals surface area (Å²) in [5.41, 5.74) is 0. The van der Waals surface area contributed by atoms with E-state index in [0.29, 0.717) is 0 Å². The fraction of sp³-hybridized carbons (Fsp3) is 0.824. The third-order valence-corrected chi connectivity index (χ3v) is 3.97. The Morgan fingerprint density at radius 1 is 0.895 bits per heavy atom. The summed E-state index contributed by atoms with van der Waals surface area (Å²) in [6.45, 7) is 5.75. The average molecular weight is 265 g/mol. The highest BCUT2D eigenvalue weighted by Crippen LogP contribution is 2.08. The summed E-state index contributed by atoms with van der Waals surface area (Å²) >= 11 is 0. The molecule has 0 spiro atoms.